The van der Waals surface area contributed by atoms with Crippen molar-refractivity contribution in [3.05, 3.63) is 30.1 Å². The minimum Gasteiger partial charge on any atom is -0.354 e. The number of carbonyl (C=O) groups excluding carboxylic acids is 2. The molecule has 0 bridgehead atoms. The van der Waals surface area contributed by atoms with Crippen LogP contribution in [0, 0.1) is 0 Å². The number of pyridine rings is 1. The highest BCUT2D eigenvalue weighted by atomic mass is 35.5. The standard InChI is InChI=1S/C12H18N4O2.2ClH/c1-13-6-4-11(17)15-7-8-16-12(18)10-3-2-5-14-9-10;;/h2-3,5,9,13H,4,6-8H2,1H3,(H,15,17)(H,16,18);2*1H. The summed E-state index contributed by atoms with van der Waals surface area (Å²) in [6.45, 7) is 1.47. The zero-order valence-electron chi connectivity index (χ0n) is 11.2. The van der Waals surface area contributed by atoms with Crippen molar-refractivity contribution in [3.8, 4) is 0 Å². The van der Waals surface area contributed by atoms with Gasteiger partial charge in [-0.15, -0.1) is 24.8 Å². The van der Waals surface area contributed by atoms with E-state index < -0.39 is 0 Å². The molecule has 0 spiro atoms. The summed E-state index contributed by atoms with van der Waals surface area (Å²) < 4.78 is 0. The molecule has 1 heterocycles. The fraction of sp³-hybridized carbons (Fsp3) is 0.417. The molecule has 0 aromatic carbocycles. The second-order valence-corrected chi connectivity index (χ2v) is 3.70. The molecule has 8 heteroatoms. The molecule has 6 nitrogen and oxygen atoms in total. The molecule has 0 aliphatic rings. The second kappa shape index (κ2) is 12.7. The fourth-order valence-electron chi connectivity index (χ4n) is 1.30. The minimum absolute atomic E-state index is 0. The summed E-state index contributed by atoms with van der Waals surface area (Å²) >= 11 is 0. The maximum atomic E-state index is 11.6. The molecule has 0 atom stereocenters. The quantitative estimate of drug-likeness (QED) is 0.634. The van der Waals surface area contributed by atoms with Gasteiger partial charge in [-0.2, -0.15) is 0 Å². The maximum absolute atomic E-state index is 11.6. The van der Waals surface area contributed by atoms with Crippen LogP contribution in [-0.4, -0.2) is 43.5 Å². The van der Waals surface area contributed by atoms with Crippen molar-refractivity contribution in [2.24, 2.45) is 0 Å². The Morgan fingerprint density at radius 1 is 1.15 bits per heavy atom. The highest BCUT2D eigenvalue weighted by Gasteiger charge is 2.04. The lowest BCUT2D eigenvalue weighted by atomic mass is 10.3. The maximum Gasteiger partial charge on any atom is 0.252 e. The molecule has 0 fully saturated rings. The Morgan fingerprint density at radius 2 is 1.85 bits per heavy atom. The van der Waals surface area contributed by atoms with Gasteiger partial charge in [-0.3, -0.25) is 14.6 Å². The van der Waals surface area contributed by atoms with Gasteiger partial charge in [0.15, 0.2) is 0 Å². The number of hydrogen-bond donors (Lipinski definition) is 3. The Balaban J connectivity index is 0. The van der Waals surface area contributed by atoms with Crippen molar-refractivity contribution in [1.82, 2.24) is 20.9 Å². The molecular weight excluding hydrogens is 303 g/mol. The third kappa shape index (κ3) is 8.68. The van der Waals surface area contributed by atoms with Gasteiger partial charge in [0, 0.05) is 38.4 Å². The zero-order valence-corrected chi connectivity index (χ0v) is 12.9. The van der Waals surface area contributed by atoms with E-state index in [-0.39, 0.29) is 36.6 Å². The van der Waals surface area contributed by atoms with Crippen molar-refractivity contribution in [1.29, 1.82) is 0 Å². The normalized spacial score (nSPS) is 8.85. The van der Waals surface area contributed by atoms with Crippen LogP contribution in [-0.2, 0) is 4.79 Å². The van der Waals surface area contributed by atoms with Gasteiger partial charge in [0.1, 0.15) is 0 Å². The highest BCUT2D eigenvalue weighted by Crippen LogP contribution is 1.94. The first-order valence-corrected chi connectivity index (χ1v) is 5.83. The first kappa shape index (κ1) is 20.9. The van der Waals surface area contributed by atoms with E-state index in [1.807, 2.05) is 0 Å². The predicted molar refractivity (Wildman–Crippen MR) is 82.6 cm³/mol. The van der Waals surface area contributed by atoms with Crippen LogP contribution in [0.4, 0.5) is 0 Å². The van der Waals surface area contributed by atoms with Gasteiger partial charge < -0.3 is 16.0 Å². The predicted octanol–water partition coefficient (Wildman–Crippen LogP) is 0.381. The molecule has 2 amide bonds. The van der Waals surface area contributed by atoms with Crippen LogP contribution < -0.4 is 16.0 Å². The van der Waals surface area contributed by atoms with E-state index in [0.29, 0.717) is 31.6 Å². The molecule has 1 rings (SSSR count). The highest BCUT2D eigenvalue weighted by molar-refractivity contribution is 5.93. The third-order valence-electron chi connectivity index (χ3n) is 2.26. The summed E-state index contributed by atoms with van der Waals surface area (Å²) in [5.74, 6) is -0.215. The molecule has 0 aliphatic carbocycles. The van der Waals surface area contributed by atoms with Gasteiger partial charge in [0.25, 0.3) is 5.91 Å². The monoisotopic (exact) mass is 322 g/mol. The molecule has 20 heavy (non-hydrogen) atoms. The van der Waals surface area contributed by atoms with E-state index in [1.54, 1.807) is 25.4 Å². The van der Waals surface area contributed by atoms with Crippen LogP contribution >= 0.6 is 24.8 Å². The Morgan fingerprint density at radius 3 is 2.45 bits per heavy atom. The van der Waals surface area contributed by atoms with Gasteiger partial charge >= 0.3 is 0 Å². The Kier molecular flexibility index (Phi) is 13.2. The summed E-state index contributed by atoms with van der Waals surface area (Å²) in [7, 11) is 1.79. The minimum atomic E-state index is -0.187. The van der Waals surface area contributed by atoms with E-state index >= 15 is 0 Å². The van der Waals surface area contributed by atoms with Crippen LogP contribution in [0.1, 0.15) is 16.8 Å². The number of nitrogens with zero attached hydrogens (tertiary/aromatic N) is 1. The number of nitrogens with one attached hydrogen (secondary N) is 3. The number of rotatable bonds is 7. The van der Waals surface area contributed by atoms with E-state index in [4.69, 9.17) is 0 Å². The summed E-state index contributed by atoms with van der Waals surface area (Å²) in [4.78, 5) is 26.7. The zero-order chi connectivity index (χ0) is 13.2. The average molecular weight is 323 g/mol. The summed E-state index contributed by atoms with van der Waals surface area (Å²) in [5, 5.41) is 8.31. The molecule has 0 saturated heterocycles. The lowest BCUT2D eigenvalue weighted by Gasteiger charge is -2.06. The third-order valence-corrected chi connectivity index (χ3v) is 2.26. The van der Waals surface area contributed by atoms with Crippen LogP contribution in [0.3, 0.4) is 0 Å². The number of halogens is 2. The van der Waals surface area contributed by atoms with Crippen LogP contribution in [0.5, 0.6) is 0 Å². The first-order chi connectivity index (χ1) is 8.74. The molecule has 1 aromatic heterocycles. The topological polar surface area (TPSA) is 83.1 Å². The van der Waals surface area contributed by atoms with E-state index in [1.165, 1.54) is 6.20 Å². The summed E-state index contributed by atoms with van der Waals surface area (Å²) in [5.41, 5.74) is 0.513. The van der Waals surface area contributed by atoms with Crippen LogP contribution in [0.2, 0.25) is 0 Å². The molecule has 1 aromatic rings. The SMILES string of the molecule is CNCCC(=O)NCCNC(=O)c1cccnc1.Cl.Cl. The van der Waals surface area contributed by atoms with Crippen molar-refractivity contribution < 1.29 is 9.59 Å². The average Bonchev–Trinajstić information content (AvgIpc) is 2.42. The van der Waals surface area contributed by atoms with E-state index in [0.717, 1.165) is 0 Å². The van der Waals surface area contributed by atoms with Crippen molar-refractivity contribution in [2.75, 3.05) is 26.7 Å². The van der Waals surface area contributed by atoms with Crippen molar-refractivity contribution >= 4 is 36.6 Å². The first-order valence-electron chi connectivity index (χ1n) is 5.83. The Hall–Kier alpha value is -1.37. The van der Waals surface area contributed by atoms with Crippen molar-refractivity contribution in [2.45, 2.75) is 6.42 Å². The molecule has 0 aliphatic heterocycles. The van der Waals surface area contributed by atoms with Gasteiger partial charge in [-0.05, 0) is 19.2 Å². The Bertz CT molecular complexity index is 390. The number of amides is 2. The largest absolute Gasteiger partial charge is 0.354 e. The molecule has 0 unspecified atom stereocenters. The lowest BCUT2D eigenvalue weighted by molar-refractivity contribution is -0.120. The number of hydrogen-bond acceptors (Lipinski definition) is 4. The molecule has 0 radical (unpaired) electrons. The van der Waals surface area contributed by atoms with Gasteiger partial charge in [-0.1, -0.05) is 0 Å². The molecule has 0 saturated carbocycles. The van der Waals surface area contributed by atoms with Crippen LogP contribution in [0.15, 0.2) is 24.5 Å². The van der Waals surface area contributed by atoms with Gasteiger partial charge in [0.05, 0.1) is 5.56 Å². The molecule has 3 N–H and O–H groups in total. The molecular formula is C12H20Cl2N4O2. The Labute approximate surface area is 130 Å². The van der Waals surface area contributed by atoms with Gasteiger partial charge in [-0.25, -0.2) is 0 Å². The summed E-state index contributed by atoms with van der Waals surface area (Å²) in [6, 6.07) is 3.39. The van der Waals surface area contributed by atoms with E-state index in [2.05, 4.69) is 20.9 Å². The number of aromatic nitrogens is 1. The van der Waals surface area contributed by atoms with Crippen LogP contribution in [0.25, 0.3) is 0 Å². The second-order valence-electron chi connectivity index (χ2n) is 3.70. The molecule has 114 valence electrons. The number of carbonyl (C=O) groups is 2. The smallest absolute Gasteiger partial charge is 0.252 e. The lowest BCUT2D eigenvalue weighted by Crippen LogP contribution is -2.35. The van der Waals surface area contributed by atoms with E-state index in [9.17, 15) is 9.59 Å². The fourth-order valence-corrected chi connectivity index (χ4v) is 1.30. The van der Waals surface area contributed by atoms with Crippen molar-refractivity contribution in [3.63, 3.8) is 0 Å². The van der Waals surface area contributed by atoms with Gasteiger partial charge in [0.2, 0.25) is 5.91 Å². The summed E-state index contributed by atoms with van der Waals surface area (Å²) in [6.07, 6.45) is 3.55.